The van der Waals surface area contributed by atoms with E-state index in [2.05, 4.69) is 20.8 Å². The van der Waals surface area contributed by atoms with Crippen LogP contribution in [0.5, 0.6) is 0 Å². The Kier molecular flexibility index (Phi) is 21.0. The topological polar surface area (TPSA) is 27.7 Å². The van der Waals surface area contributed by atoms with Crippen LogP contribution in [0.3, 0.4) is 0 Å². The zero-order valence-corrected chi connectivity index (χ0v) is 22.6. The van der Waals surface area contributed by atoms with Gasteiger partial charge in [-0.1, -0.05) is 130 Å². The van der Waals surface area contributed by atoms with Crippen LogP contribution in [0.4, 0.5) is 0 Å². The zero-order valence-electron chi connectivity index (χ0n) is 21.6. The maximum Gasteiger partial charge on any atom is 0.500 e. The molecule has 0 N–H and O–H groups in total. The Hall–Kier alpha value is 0.0969. The molecule has 0 saturated carbocycles. The molecule has 0 rings (SSSR count). The molecule has 4 heteroatoms. The first-order valence-electron chi connectivity index (χ1n) is 13.2. The summed E-state index contributed by atoms with van der Waals surface area (Å²) < 4.78 is 16.9. The largest absolute Gasteiger partial charge is 0.500 e. The van der Waals surface area contributed by atoms with E-state index in [0.29, 0.717) is 11.8 Å². The maximum absolute atomic E-state index is 5.64. The molecule has 0 bridgehead atoms. The predicted octanol–water partition coefficient (Wildman–Crippen LogP) is 8.79. The summed E-state index contributed by atoms with van der Waals surface area (Å²) in [6.45, 7) is 6.93. The minimum atomic E-state index is -2.45. The minimum Gasteiger partial charge on any atom is -0.377 e. The summed E-state index contributed by atoms with van der Waals surface area (Å²) in [5.74, 6) is 1.27. The molecule has 0 aromatic carbocycles. The van der Waals surface area contributed by atoms with Crippen molar-refractivity contribution in [2.24, 2.45) is 11.8 Å². The van der Waals surface area contributed by atoms with Gasteiger partial charge in [-0.3, -0.25) is 0 Å². The summed E-state index contributed by atoms with van der Waals surface area (Å²) in [6.07, 6.45) is 24.1. The number of unbranched alkanes of at least 4 members (excludes halogenated alkanes) is 15. The molecule has 1 unspecified atom stereocenters. The normalized spacial score (nSPS) is 13.3. The molecule has 0 amide bonds. The Morgan fingerprint density at radius 2 is 0.867 bits per heavy atom. The van der Waals surface area contributed by atoms with E-state index in [0.717, 1.165) is 6.04 Å². The van der Waals surface area contributed by atoms with Crippen LogP contribution in [0.2, 0.25) is 6.04 Å². The van der Waals surface area contributed by atoms with Crippen molar-refractivity contribution in [3.63, 3.8) is 0 Å². The maximum atomic E-state index is 5.64. The monoisotopic (exact) mass is 444 g/mol. The van der Waals surface area contributed by atoms with Gasteiger partial charge in [0.05, 0.1) is 0 Å². The molecule has 0 spiro atoms. The highest BCUT2D eigenvalue weighted by Crippen LogP contribution is 2.29. The highest BCUT2D eigenvalue weighted by molar-refractivity contribution is 6.60. The lowest BCUT2D eigenvalue weighted by Gasteiger charge is -2.30. The lowest BCUT2D eigenvalue weighted by Crippen LogP contribution is -2.45. The fourth-order valence-electron chi connectivity index (χ4n) is 4.45. The molecule has 0 heterocycles. The average Bonchev–Trinajstić information content (AvgIpc) is 2.75. The van der Waals surface area contributed by atoms with Crippen LogP contribution < -0.4 is 0 Å². The second-order valence-electron chi connectivity index (χ2n) is 9.60. The first-order valence-corrected chi connectivity index (χ1v) is 15.1. The van der Waals surface area contributed by atoms with Crippen molar-refractivity contribution in [3.8, 4) is 0 Å². The van der Waals surface area contributed by atoms with Gasteiger partial charge < -0.3 is 13.3 Å². The number of rotatable bonds is 23. The van der Waals surface area contributed by atoms with Crippen molar-refractivity contribution in [2.75, 3.05) is 21.3 Å². The molecule has 0 radical (unpaired) electrons. The van der Waals surface area contributed by atoms with Crippen LogP contribution in [-0.2, 0) is 13.3 Å². The molecule has 0 aliphatic rings. The molecule has 0 aromatic heterocycles. The van der Waals surface area contributed by atoms with E-state index >= 15 is 0 Å². The third-order valence-electron chi connectivity index (χ3n) is 6.82. The SMILES string of the molecule is CCCCCCCCCCCCCCCCCCC(C[Si](OC)(OC)OC)C(C)C. The molecule has 182 valence electrons. The van der Waals surface area contributed by atoms with Crippen molar-refractivity contribution in [2.45, 2.75) is 136 Å². The van der Waals surface area contributed by atoms with Gasteiger partial charge in [0.2, 0.25) is 0 Å². The van der Waals surface area contributed by atoms with Crippen molar-refractivity contribution >= 4 is 8.80 Å². The number of hydrogen-bond donors (Lipinski definition) is 0. The summed E-state index contributed by atoms with van der Waals surface area (Å²) >= 11 is 0. The summed E-state index contributed by atoms with van der Waals surface area (Å²) in [4.78, 5) is 0. The molecular weight excluding hydrogens is 388 g/mol. The Balaban J connectivity index is 3.58. The van der Waals surface area contributed by atoms with Gasteiger partial charge in [0.25, 0.3) is 0 Å². The standard InChI is InChI=1S/C26H56O3Si/c1-7-8-9-10-11-12-13-14-15-16-17-18-19-20-21-22-23-26(25(2)3)24-30(27-4,28-5)29-6/h25-26H,7-24H2,1-6H3. The summed E-state index contributed by atoms with van der Waals surface area (Å²) in [6, 6.07) is 0.937. The van der Waals surface area contributed by atoms with E-state index in [4.69, 9.17) is 13.3 Å². The summed E-state index contributed by atoms with van der Waals surface area (Å²) in [5.41, 5.74) is 0. The lowest BCUT2D eigenvalue weighted by molar-refractivity contribution is 0.113. The second-order valence-corrected chi connectivity index (χ2v) is 12.6. The van der Waals surface area contributed by atoms with Crippen LogP contribution in [0, 0.1) is 11.8 Å². The molecule has 0 aliphatic carbocycles. The average molecular weight is 445 g/mol. The highest BCUT2D eigenvalue weighted by atomic mass is 28.4. The van der Waals surface area contributed by atoms with Gasteiger partial charge in [-0.05, 0) is 11.8 Å². The van der Waals surface area contributed by atoms with E-state index in [1.54, 1.807) is 21.3 Å². The fourth-order valence-corrected chi connectivity index (χ4v) is 6.76. The van der Waals surface area contributed by atoms with Gasteiger partial charge in [-0.25, -0.2) is 0 Å². The zero-order chi connectivity index (χ0) is 22.5. The molecule has 0 fully saturated rings. The quantitative estimate of drug-likeness (QED) is 0.116. The lowest BCUT2D eigenvalue weighted by atomic mass is 9.91. The summed E-state index contributed by atoms with van der Waals surface area (Å²) in [7, 11) is 2.73. The van der Waals surface area contributed by atoms with Crippen molar-refractivity contribution in [3.05, 3.63) is 0 Å². The van der Waals surface area contributed by atoms with Crippen LogP contribution >= 0.6 is 0 Å². The molecule has 0 aromatic rings. The Morgan fingerprint density at radius 1 is 0.533 bits per heavy atom. The Bertz CT molecular complexity index is 337. The Labute approximate surface area is 191 Å². The van der Waals surface area contributed by atoms with Crippen LogP contribution in [-0.4, -0.2) is 30.1 Å². The fraction of sp³-hybridized carbons (Fsp3) is 1.00. The summed E-state index contributed by atoms with van der Waals surface area (Å²) in [5, 5.41) is 0. The van der Waals surface area contributed by atoms with Crippen molar-refractivity contribution in [1.82, 2.24) is 0 Å². The molecule has 30 heavy (non-hydrogen) atoms. The number of hydrogen-bond acceptors (Lipinski definition) is 3. The smallest absolute Gasteiger partial charge is 0.377 e. The van der Waals surface area contributed by atoms with Crippen LogP contribution in [0.15, 0.2) is 0 Å². The van der Waals surface area contributed by atoms with Gasteiger partial charge in [0, 0.05) is 27.4 Å². The molecule has 1 atom stereocenters. The van der Waals surface area contributed by atoms with Gasteiger partial charge in [-0.15, -0.1) is 0 Å². The Morgan fingerprint density at radius 3 is 1.17 bits per heavy atom. The molecular formula is C26H56O3Si. The molecule has 0 saturated heterocycles. The van der Waals surface area contributed by atoms with Gasteiger partial charge in [-0.2, -0.15) is 0 Å². The molecule has 0 aliphatic heterocycles. The van der Waals surface area contributed by atoms with E-state index < -0.39 is 8.80 Å². The van der Waals surface area contributed by atoms with E-state index in [-0.39, 0.29) is 0 Å². The first kappa shape index (κ1) is 30.1. The van der Waals surface area contributed by atoms with Gasteiger partial charge in [0.15, 0.2) is 0 Å². The van der Waals surface area contributed by atoms with Gasteiger partial charge in [0.1, 0.15) is 0 Å². The van der Waals surface area contributed by atoms with Crippen LogP contribution in [0.1, 0.15) is 130 Å². The van der Waals surface area contributed by atoms with Crippen molar-refractivity contribution in [1.29, 1.82) is 0 Å². The minimum absolute atomic E-state index is 0.628. The molecule has 3 nitrogen and oxygen atoms in total. The predicted molar refractivity (Wildman–Crippen MR) is 134 cm³/mol. The third-order valence-corrected chi connectivity index (χ3v) is 9.71. The highest BCUT2D eigenvalue weighted by Gasteiger charge is 2.40. The van der Waals surface area contributed by atoms with E-state index in [9.17, 15) is 0 Å². The van der Waals surface area contributed by atoms with Crippen molar-refractivity contribution < 1.29 is 13.3 Å². The van der Waals surface area contributed by atoms with E-state index in [1.165, 1.54) is 109 Å². The third kappa shape index (κ3) is 15.8. The van der Waals surface area contributed by atoms with E-state index in [1.807, 2.05) is 0 Å². The van der Waals surface area contributed by atoms with Crippen LogP contribution in [0.25, 0.3) is 0 Å². The first-order chi connectivity index (χ1) is 14.5. The van der Waals surface area contributed by atoms with Gasteiger partial charge >= 0.3 is 8.80 Å². The second kappa shape index (κ2) is 21.0.